The van der Waals surface area contributed by atoms with E-state index in [0.717, 1.165) is 0 Å². The summed E-state index contributed by atoms with van der Waals surface area (Å²) in [7, 11) is 0. The summed E-state index contributed by atoms with van der Waals surface area (Å²) in [5.41, 5.74) is 2.14. The van der Waals surface area contributed by atoms with Crippen molar-refractivity contribution in [3.63, 3.8) is 0 Å². The van der Waals surface area contributed by atoms with E-state index in [2.05, 4.69) is 20.7 Å². The molecule has 2 N–H and O–H groups in total. The molecule has 168 valence electrons. The van der Waals surface area contributed by atoms with Crippen LogP contribution in [0.3, 0.4) is 0 Å². The number of halogens is 2. The molecule has 4 aromatic rings. The zero-order valence-electron chi connectivity index (χ0n) is 18.2. The number of benzene rings is 2. The van der Waals surface area contributed by atoms with Crippen molar-refractivity contribution in [1.82, 2.24) is 20.1 Å². The maximum Gasteiger partial charge on any atom is 0.275 e. The van der Waals surface area contributed by atoms with Crippen LogP contribution < -0.4 is 10.6 Å². The van der Waals surface area contributed by atoms with Gasteiger partial charge in [-0.1, -0.05) is 41.4 Å². The third kappa shape index (κ3) is 4.55. The summed E-state index contributed by atoms with van der Waals surface area (Å²) in [5, 5.41) is 11.7. The molecule has 0 atom stereocenters. The van der Waals surface area contributed by atoms with Gasteiger partial charge in [0.1, 0.15) is 5.69 Å². The minimum atomic E-state index is -0.463. The van der Waals surface area contributed by atoms with E-state index in [1.54, 1.807) is 43.5 Å². The lowest BCUT2D eigenvalue weighted by molar-refractivity contribution is 0.0944. The number of anilines is 1. The molecular formula is C24H21Cl2N5O2. The zero-order chi connectivity index (χ0) is 23.7. The van der Waals surface area contributed by atoms with Gasteiger partial charge in [0.15, 0.2) is 5.82 Å². The van der Waals surface area contributed by atoms with E-state index in [4.69, 9.17) is 23.2 Å². The van der Waals surface area contributed by atoms with E-state index >= 15 is 0 Å². The van der Waals surface area contributed by atoms with Crippen LogP contribution in [0.15, 0.2) is 54.7 Å². The first-order chi connectivity index (χ1) is 15.8. The molecule has 0 saturated heterocycles. The average molecular weight is 482 g/mol. The van der Waals surface area contributed by atoms with Crippen LogP contribution >= 0.6 is 23.2 Å². The number of aryl methyl sites for hydroxylation is 1. The number of amides is 2. The molecule has 0 aliphatic heterocycles. The number of fused-ring (bicyclic) bond motifs is 1. The van der Waals surface area contributed by atoms with E-state index in [0.29, 0.717) is 38.0 Å². The lowest BCUT2D eigenvalue weighted by Crippen LogP contribution is -2.31. The van der Waals surface area contributed by atoms with Crippen LogP contribution in [0.4, 0.5) is 5.69 Å². The molecule has 9 heteroatoms. The minimum absolute atomic E-state index is 0.0861. The summed E-state index contributed by atoms with van der Waals surface area (Å²) in [5.74, 6) is -0.474. The predicted molar refractivity (Wildman–Crippen MR) is 131 cm³/mol. The quantitative estimate of drug-likeness (QED) is 0.397. The molecule has 7 nitrogen and oxygen atoms in total. The Bertz CT molecular complexity index is 1380. The molecule has 0 spiro atoms. The molecule has 33 heavy (non-hydrogen) atoms. The number of pyridine rings is 1. The predicted octanol–water partition coefficient (Wildman–Crippen LogP) is 5.43. The number of rotatable bonds is 5. The molecule has 0 fully saturated rings. The normalized spacial score (nSPS) is 11.1. The van der Waals surface area contributed by atoms with Gasteiger partial charge in [0.2, 0.25) is 0 Å². The van der Waals surface area contributed by atoms with Gasteiger partial charge in [-0.05, 0) is 56.7 Å². The number of nitrogens with one attached hydrogen (secondary N) is 2. The molecule has 2 aromatic heterocycles. The van der Waals surface area contributed by atoms with Gasteiger partial charge < -0.3 is 10.6 Å². The third-order valence-corrected chi connectivity index (χ3v) is 5.45. The Hall–Kier alpha value is -3.42. The summed E-state index contributed by atoms with van der Waals surface area (Å²) in [6, 6.07) is 13.8. The van der Waals surface area contributed by atoms with Gasteiger partial charge >= 0.3 is 0 Å². The summed E-state index contributed by atoms with van der Waals surface area (Å²) in [6.07, 6.45) is 1.58. The number of hydrogen-bond acceptors (Lipinski definition) is 4. The standard InChI is InChI=1S/C24H21Cl2N5O2/c1-13(2)28-23(32)17-12-15(25)11-14(3)20(17)29-24(33)21-16-7-4-5-9-19(16)30-31(21)22-18(26)8-6-10-27-22/h4-13H,1-3H3,(H,28,32)(H,29,33). The van der Waals surface area contributed by atoms with E-state index < -0.39 is 5.91 Å². The Balaban J connectivity index is 1.84. The van der Waals surface area contributed by atoms with Crippen LogP contribution in [0.25, 0.3) is 16.7 Å². The van der Waals surface area contributed by atoms with Gasteiger partial charge in [-0.2, -0.15) is 5.10 Å². The molecule has 0 saturated carbocycles. The summed E-state index contributed by atoms with van der Waals surface area (Å²) in [6.45, 7) is 5.49. The fourth-order valence-corrected chi connectivity index (χ4v) is 4.01. The molecule has 0 aliphatic rings. The van der Waals surface area contributed by atoms with Crippen molar-refractivity contribution in [2.75, 3.05) is 5.32 Å². The van der Waals surface area contributed by atoms with E-state index in [1.165, 1.54) is 10.7 Å². The Morgan fingerprint density at radius 2 is 1.79 bits per heavy atom. The van der Waals surface area contributed by atoms with Crippen LogP contribution in [0.2, 0.25) is 10.0 Å². The van der Waals surface area contributed by atoms with Crippen molar-refractivity contribution >= 4 is 51.6 Å². The van der Waals surface area contributed by atoms with E-state index in [9.17, 15) is 9.59 Å². The van der Waals surface area contributed by atoms with Gasteiger partial charge in [-0.25, -0.2) is 9.67 Å². The second kappa shape index (κ2) is 9.21. The highest BCUT2D eigenvalue weighted by molar-refractivity contribution is 6.32. The summed E-state index contributed by atoms with van der Waals surface area (Å²) >= 11 is 12.6. The second-order valence-corrected chi connectivity index (χ2v) is 8.66. The minimum Gasteiger partial charge on any atom is -0.350 e. The zero-order valence-corrected chi connectivity index (χ0v) is 19.7. The maximum atomic E-state index is 13.6. The van der Waals surface area contributed by atoms with Gasteiger partial charge in [-0.3, -0.25) is 9.59 Å². The Kier molecular flexibility index (Phi) is 6.35. The van der Waals surface area contributed by atoms with Crippen LogP contribution in [0.1, 0.15) is 40.3 Å². The number of hydrogen-bond donors (Lipinski definition) is 2. The molecule has 2 aromatic carbocycles. The number of aromatic nitrogens is 3. The molecule has 2 heterocycles. The van der Waals surface area contributed by atoms with Gasteiger partial charge in [0.05, 0.1) is 21.8 Å². The van der Waals surface area contributed by atoms with Crippen molar-refractivity contribution < 1.29 is 9.59 Å². The Morgan fingerprint density at radius 1 is 1.03 bits per heavy atom. The number of carbonyl (C=O) groups is 2. The van der Waals surface area contributed by atoms with Crippen molar-refractivity contribution in [3.05, 3.63) is 81.6 Å². The highest BCUT2D eigenvalue weighted by Crippen LogP contribution is 2.29. The second-order valence-electron chi connectivity index (χ2n) is 7.81. The molecule has 0 unspecified atom stereocenters. The van der Waals surface area contributed by atoms with Crippen LogP contribution in [-0.4, -0.2) is 32.6 Å². The van der Waals surface area contributed by atoms with Crippen molar-refractivity contribution in [3.8, 4) is 5.82 Å². The summed E-state index contributed by atoms with van der Waals surface area (Å²) in [4.78, 5) is 30.8. The van der Waals surface area contributed by atoms with Crippen LogP contribution in [0.5, 0.6) is 0 Å². The largest absolute Gasteiger partial charge is 0.350 e. The molecule has 4 rings (SSSR count). The summed E-state index contributed by atoms with van der Waals surface area (Å²) < 4.78 is 1.42. The van der Waals surface area contributed by atoms with E-state index in [-0.39, 0.29) is 23.2 Å². The smallest absolute Gasteiger partial charge is 0.275 e. The van der Waals surface area contributed by atoms with Crippen molar-refractivity contribution in [2.45, 2.75) is 26.8 Å². The molecule has 0 bridgehead atoms. The van der Waals surface area contributed by atoms with Crippen molar-refractivity contribution in [2.24, 2.45) is 0 Å². The number of carbonyl (C=O) groups excluding carboxylic acids is 2. The SMILES string of the molecule is Cc1cc(Cl)cc(C(=O)NC(C)C)c1NC(=O)c1c2ccccc2nn1-c1ncccc1Cl. The first-order valence-electron chi connectivity index (χ1n) is 10.3. The fourth-order valence-electron chi connectivity index (χ4n) is 3.54. The first kappa shape index (κ1) is 22.8. The lowest BCUT2D eigenvalue weighted by Gasteiger charge is -2.16. The highest BCUT2D eigenvalue weighted by atomic mass is 35.5. The molecular weight excluding hydrogens is 461 g/mol. The van der Waals surface area contributed by atoms with Crippen molar-refractivity contribution in [1.29, 1.82) is 0 Å². The maximum absolute atomic E-state index is 13.6. The Morgan fingerprint density at radius 3 is 2.52 bits per heavy atom. The van der Waals surface area contributed by atoms with Gasteiger partial charge in [0, 0.05) is 22.6 Å². The molecule has 0 aliphatic carbocycles. The molecule has 0 radical (unpaired) electrons. The average Bonchev–Trinajstić information content (AvgIpc) is 3.14. The topological polar surface area (TPSA) is 88.9 Å². The monoisotopic (exact) mass is 481 g/mol. The Labute approximate surface area is 200 Å². The fraction of sp³-hybridized carbons (Fsp3) is 0.167. The van der Waals surface area contributed by atoms with Crippen LogP contribution in [-0.2, 0) is 0 Å². The molecule has 2 amide bonds. The first-order valence-corrected chi connectivity index (χ1v) is 11.0. The number of nitrogens with zero attached hydrogens (tertiary/aromatic N) is 3. The van der Waals surface area contributed by atoms with Gasteiger partial charge in [0.25, 0.3) is 11.8 Å². The third-order valence-electron chi connectivity index (χ3n) is 4.94. The van der Waals surface area contributed by atoms with E-state index in [1.807, 2.05) is 26.0 Å². The van der Waals surface area contributed by atoms with Gasteiger partial charge in [-0.15, -0.1) is 0 Å². The highest BCUT2D eigenvalue weighted by Gasteiger charge is 2.24. The lowest BCUT2D eigenvalue weighted by atomic mass is 10.1. The van der Waals surface area contributed by atoms with Crippen LogP contribution in [0, 0.1) is 6.92 Å².